The molecule has 2 bridgehead atoms. The topological polar surface area (TPSA) is 133 Å². The second-order valence-electron chi connectivity index (χ2n) is 9.00. The van der Waals surface area contributed by atoms with Crippen LogP contribution in [0.4, 0.5) is 0 Å². The molecule has 2 aliphatic rings. The van der Waals surface area contributed by atoms with Crippen LogP contribution in [0, 0.1) is 5.92 Å². The number of nitrogens with zero attached hydrogens (tertiary/aromatic N) is 7. The smallest absolute Gasteiger partial charge is 0.274 e. The van der Waals surface area contributed by atoms with Crippen LogP contribution in [0.25, 0.3) is 0 Å². The third kappa shape index (κ3) is 5.23. The van der Waals surface area contributed by atoms with Crippen LogP contribution in [0.15, 0.2) is 29.0 Å². The van der Waals surface area contributed by atoms with Crippen LogP contribution in [0.5, 0.6) is 5.75 Å². The first-order chi connectivity index (χ1) is 16.5. The Balaban J connectivity index is 1.34. The van der Waals surface area contributed by atoms with Gasteiger partial charge in [0.15, 0.2) is 17.3 Å². The molecule has 12 heteroatoms. The number of fused-ring (bicyclic) bond motifs is 4. The van der Waals surface area contributed by atoms with E-state index in [-0.39, 0.29) is 23.7 Å². The molecule has 2 aliphatic heterocycles. The number of rotatable bonds is 4. The summed E-state index contributed by atoms with van der Waals surface area (Å²) in [4.78, 5) is 24.0. The molecule has 2 atom stereocenters. The minimum absolute atomic E-state index is 0.243. The first-order valence-corrected chi connectivity index (χ1v) is 11.5. The van der Waals surface area contributed by atoms with Crippen LogP contribution in [0.2, 0.25) is 0 Å². The summed E-state index contributed by atoms with van der Waals surface area (Å²) in [6, 6.07) is 3.22. The fourth-order valence-corrected chi connectivity index (χ4v) is 4.14. The number of carbonyl (C=O) groups excluding carboxylic acids is 1. The molecule has 12 nitrogen and oxygen atoms in total. The van der Waals surface area contributed by atoms with Gasteiger partial charge in [0.05, 0.1) is 38.0 Å². The molecular formula is C22H28N8O4. The molecule has 1 amide bonds. The predicted molar refractivity (Wildman–Crippen MR) is 118 cm³/mol. The van der Waals surface area contributed by atoms with Crippen LogP contribution < -0.4 is 10.1 Å². The van der Waals surface area contributed by atoms with Gasteiger partial charge in [-0.15, -0.1) is 5.10 Å². The summed E-state index contributed by atoms with van der Waals surface area (Å²) < 4.78 is 19.1. The highest BCUT2D eigenvalue weighted by molar-refractivity contribution is 5.95. The number of hydrogen-bond donors (Lipinski definition) is 1. The summed E-state index contributed by atoms with van der Waals surface area (Å²) in [6.45, 7) is 7.00. The molecule has 34 heavy (non-hydrogen) atoms. The van der Waals surface area contributed by atoms with Crippen LogP contribution >= 0.6 is 0 Å². The largest absolute Gasteiger partial charge is 0.489 e. The lowest BCUT2D eigenvalue weighted by Gasteiger charge is -2.20. The molecule has 0 radical (unpaired) electrons. The monoisotopic (exact) mass is 468 g/mol. The molecule has 1 N–H and O–H groups in total. The van der Waals surface area contributed by atoms with Gasteiger partial charge in [-0.25, -0.2) is 9.67 Å². The number of pyridine rings is 1. The van der Waals surface area contributed by atoms with Gasteiger partial charge in [-0.2, -0.15) is 4.98 Å². The summed E-state index contributed by atoms with van der Waals surface area (Å²) in [7, 11) is 0. The van der Waals surface area contributed by atoms with Crippen LogP contribution in [-0.4, -0.2) is 72.8 Å². The molecule has 3 aromatic rings. The number of amides is 1. The van der Waals surface area contributed by atoms with Gasteiger partial charge in [-0.05, 0) is 18.1 Å². The Hall–Kier alpha value is -3.38. The van der Waals surface area contributed by atoms with E-state index in [0.29, 0.717) is 62.8 Å². The van der Waals surface area contributed by atoms with E-state index in [1.807, 2.05) is 6.20 Å². The Labute approximate surface area is 196 Å². The van der Waals surface area contributed by atoms with Gasteiger partial charge < -0.3 is 19.3 Å². The van der Waals surface area contributed by atoms with Crippen molar-refractivity contribution in [2.45, 2.75) is 52.1 Å². The van der Waals surface area contributed by atoms with Gasteiger partial charge in [0.1, 0.15) is 12.3 Å². The summed E-state index contributed by atoms with van der Waals surface area (Å²) in [5.74, 6) is 1.82. The van der Waals surface area contributed by atoms with Gasteiger partial charge in [0.2, 0.25) is 5.89 Å². The minimum atomic E-state index is -0.302. The Kier molecular flexibility index (Phi) is 6.50. The average molecular weight is 469 g/mol. The zero-order valence-electron chi connectivity index (χ0n) is 19.3. The summed E-state index contributed by atoms with van der Waals surface area (Å²) in [6.07, 6.45) is 3.91. The lowest BCUT2D eigenvalue weighted by molar-refractivity contribution is 0.0291. The number of hydrogen-bond acceptors (Lipinski definition) is 10. The zero-order valence-corrected chi connectivity index (χ0v) is 19.3. The van der Waals surface area contributed by atoms with E-state index in [1.165, 1.54) is 0 Å². The molecule has 1 fully saturated rings. The maximum Gasteiger partial charge on any atom is 0.274 e. The fraction of sp³-hybridized carbons (Fsp3) is 0.545. The highest BCUT2D eigenvalue weighted by atomic mass is 16.5. The molecule has 0 aromatic carbocycles. The Morgan fingerprint density at radius 3 is 3.09 bits per heavy atom. The summed E-state index contributed by atoms with van der Waals surface area (Å²) in [5.41, 5.74) is 0.965. The molecule has 5 rings (SSSR count). The van der Waals surface area contributed by atoms with Gasteiger partial charge in [-0.1, -0.05) is 24.2 Å². The van der Waals surface area contributed by atoms with Crippen molar-refractivity contribution in [2.24, 2.45) is 5.92 Å². The highest BCUT2D eigenvalue weighted by Gasteiger charge is 2.36. The molecule has 180 valence electrons. The zero-order chi connectivity index (χ0) is 23.5. The molecule has 0 aliphatic carbocycles. The number of aromatic nitrogens is 6. The van der Waals surface area contributed by atoms with Crippen LogP contribution in [0.3, 0.4) is 0 Å². The maximum absolute atomic E-state index is 13.1. The van der Waals surface area contributed by atoms with Crippen molar-refractivity contribution >= 4 is 5.91 Å². The van der Waals surface area contributed by atoms with E-state index in [9.17, 15) is 4.79 Å². The SMILES string of the molecule is CC(C)Cc1nc(CN2C[C@@H]3NC(=O)c4ncccc4OCCn4cc(nn4)CO[C@H]3C2)no1. The summed E-state index contributed by atoms with van der Waals surface area (Å²) in [5, 5.41) is 15.5. The molecule has 5 heterocycles. The molecule has 0 spiro atoms. The van der Waals surface area contributed by atoms with Crippen molar-refractivity contribution < 1.29 is 18.8 Å². The van der Waals surface area contributed by atoms with E-state index in [0.717, 1.165) is 12.1 Å². The van der Waals surface area contributed by atoms with Crippen molar-refractivity contribution in [3.63, 3.8) is 0 Å². The van der Waals surface area contributed by atoms with Gasteiger partial charge >= 0.3 is 0 Å². The van der Waals surface area contributed by atoms with Gasteiger partial charge in [-0.3, -0.25) is 9.69 Å². The number of nitrogens with one attached hydrogen (secondary N) is 1. The standard InChI is InChI=1S/C22H28N8O4/c1-14(2)8-20-25-19(27-34-20)12-29-10-16-18(11-29)33-13-15-9-30(28-26-15)6-7-32-17-4-3-5-23-21(17)22(31)24-16/h3-5,9,14,16,18H,6-8,10-13H2,1-2H3,(H,24,31)/t16-,18-/m0/s1. The molecule has 0 unspecified atom stereocenters. The van der Waals surface area contributed by atoms with Crippen LogP contribution in [0.1, 0.15) is 41.7 Å². The number of carbonyl (C=O) groups is 1. The maximum atomic E-state index is 13.1. The van der Waals surface area contributed by atoms with Crippen molar-refractivity contribution in [3.05, 3.63) is 47.6 Å². The fourth-order valence-electron chi connectivity index (χ4n) is 4.14. The number of ether oxygens (including phenoxy) is 2. The van der Waals surface area contributed by atoms with E-state index in [4.69, 9.17) is 14.0 Å². The van der Waals surface area contributed by atoms with Crippen molar-refractivity contribution in [2.75, 3.05) is 19.7 Å². The van der Waals surface area contributed by atoms with Crippen molar-refractivity contribution in [1.82, 2.24) is 40.3 Å². The van der Waals surface area contributed by atoms with Crippen molar-refractivity contribution in [1.29, 1.82) is 0 Å². The first kappa shape index (κ1) is 22.4. The predicted octanol–water partition coefficient (Wildman–Crippen LogP) is 0.847. The van der Waals surface area contributed by atoms with Gasteiger partial charge in [0.25, 0.3) is 5.91 Å². The minimum Gasteiger partial charge on any atom is -0.489 e. The number of likely N-dealkylation sites (tertiary alicyclic amines) is 1. The second kappa shape index (κ2) is 9.85. The highest BCUT2D eigenvalue weighted by Crippen LogP contribution is 2.21. The molecule has 1 saturated heterocycles. The lowest BCUT2D eigenvalue weighted by atomic mass is 10.1. The Morgan fingerprint density at radius 2 is 2.21 bits per heavy atom. The van der Waals surface area contributed by atoms with E-state index >= 15 is 0 Å². The van der Waals surface area contributed by atoms with Crippen molar-refractivity contribution in [3.8, 4) is 5.75 Å². The molecule has 3 aromatic heterocycles. The lowest BCUT2D eigenvalue weighted by Crippen LogP contribution is -2.44. The van der Waals surface area contributed by atoms with E-state index in [2.05, 4.69) is 49.5 Å². The first-order valence-electron chi connectivity index (χ1n) is 11.5. The quantitative estimate of drug-likeness (QED) is 0.587. The van der Waals surface area contributed by atoms with Crippen LogP contribution in [-0.2, 0) is 30.9 Å². The van der Waals surface area contributed by atoms with Gasteiger partial charge in [0, 0.05) is 25.7 Å². The second-order valence-corrected chi connectivity index (χ2v) is 9.00. The Morgan fingerprint density at radius 1 is 1.29 bits per heavy atom. The third-order valence-corrected chi connectivity index (χ3v) is 5.71. The average Bonchev–Trinajstić information content (AvgIpc) is 3.53. The third-order valence-electron chi connectivity index (χ3n) is 5.71. The van der Waals surface area contributed by atoms with E-state index < -0.39 is 0 Å². The molecule has 0 saturated carbocycles. The van der Waals surface area contributed by atoms with E-state index in [1.54, 1.807) is 23.0 Å². The molecular weight excluding hydrogens is 440 g/mol. The normalized spacial score (nSPS) is 21.4. The summed E-state index contributed by atoms with van der Waals surface area (Å²) >= 11 is 0. The Bertz CT molecular complexity index is 1130.